The summed E-state index contributed by atoms with van der Waals surface area (Å²) in [5.74, 6) is -2.58. The van der Waals surface area contributed by atoms with Gasteiger partial charge in [-0.05, 0) is 28.1 Å². The molecule has 0 aliphatic carbocycles. The van der Waals surface area contributed by atoms with Crippen LogP contribution in [-0.4, -0.2) is 16.1 Å². The molecule has 0 spiro atoms. The second-order valence-electron chi connectivity index (χ2n) is 3.83. The summed E-state index contributed by atoms with van der Waals surface area (Å²) < 4.78 is 27.0. The Hall–Kier alpha value is -2.22. The third kappa shape index (κ3) is 2.85. The van der Waals surface area contributed by atoms with Gasteiger partial charge in [-0.2, -0.15) is 0 Å². The highest BCUT2D eigenvalue weighted by Crippen LogP contribution is 2.26. The zero-order valence-corrected chi connectivity index (χ0v) is 11.4. The van der Waals surface area contributed by atoms with Crippen LogP contribution >= 0.6 is 15.9 Å². The molecule has 0 radical (unpaired) electrons. The van der Waals surface area contributed by atoms with Crippen molar-refractivity contribution in [1.29, 1.82) is 0 Å². The van der Waals surface area contributed by atoms with Crippen LogP contribution in [0.15, 0.2) is 28.9 Å². The molecule has 1 heterocycles. The molecule has 0 aliphatic rings. The van der Waals surface area contributed by atoms with Crippen molar-refractivity contribution in [2.45, 2.75) is 0 Å². The molecule has 5 nitrogen and oxygen atoms in total. The number of halogens is 3. The first-order valence-corrected chi connectivity index (χ1v) is 6.08. The highest BCUT2D eigenvalue weighted by Gasteiger charge is 2.12. The molecule has 8 heteroatoms. The largest absolute Gasteiger partial charge is 0.478 e. The number of hydrogen-bond donors (Lipinski definition) is 3. The number of nitrogens with zero attached hydrogens (tertiary/aromatic N) is 1. The van der Waals surface area contributed by atoms with Crippen LogP contribution in [0.1, 0.15) is 10.4 Å². The molecule has 0 saturated heterocycles. The van der Waals surface area contributed by atoms with Crippen LogP contribution in [0.4, 0.5) is 26.0 Å². The molecule has 0 amide bonds. The lowest BCUT2D eigenvalue weighted by Crippen LogP contribution is -2.05. The SMILES string of the molecule is Nc1cnc(Nc2cc(F)c(Br)cc2F)cc1C(=O)O. The van der Waals surface area contributed by atoms with Crippen molar-refractivity contribution in [3.63, 3.8) is 0 Å². The third-order valence-electron chi connectivity index (χ3n) is 2.44. The van der Waals surface area contributed by atoms with E-state index in [1.54, 1.807) is 0 Å². The normalized spacial score (nSPS) is 10.3. The summed E-state index contributed by atoms with van der Waals surface area (Å²) in [5.41, 5.74) is 5.08. The van der Waals surface area contributed by atoms with Gasteiger partial charge in [-0.3, -0.25) is 0 Å². The van der Waals surface area contributed by atoms with Crippen LogP contribution in [0.5, 0.6) is 0 Å². The maximum Gasteiger partial charge on any atom is 0.337 e. The first-order valence-electron chi connectivity index (χ1n) is 5.29. The zero-order chi connectivity index (χ0) is 14.9. The Bertz CT molecular complexity index is 695. The van der Waals surface area contributed by atoms with Gasteiger partial charge in [0, 0.05) is 6.07 Å². The Balaban J connectivity index is 2.38. The van der Waals surface area contributed by atoms with E-state index in [1.807, 2.05) is 0 Å². The summed E-state index contributed by atoms with van der Waals surface area (Å²) >= 11 is 2.85. The summed E-state index contributed by atoms with van der Waals surface area (Å²) in [4.78, 5) is 14.7. The molecule has 4 N–H and O–H groups in total. The lowest BCUT2D eigenvalue weighted by atomic mass is 10.2. The fourth-order valence-electron chi connectivity index (χ4n) is 1.48. The van der Waals surface area contributed by atoms with Crippen molar-refractivity contribution in [3.05, 3.63) is 46.1 Å². The number of carboxylic acid groups (broad SMARTS) is 1. The topological polar surface area (TPSA) is 88.2 Å². The van der Waals surface area contributed by atoms with Crippen molar-refractivity contribution in [2.24, 2.45) is 0 Å². The van der Waals surface area contributed by atoms with Crippen LogP contribution < -0.4 is 11.1 Å². The quantitative estimate of drug-likeness (QED) is 0.745. The number of aromatic carboxylic acids is 1. The lowest BCUT2D eigenvalue weighted by Gasteiger charge is -2.09. The highest BCUT2D eigenvalue weighted by atomic mass is 79.9. The van der Waals surface area contributed by atoms with Gasteiger partial charge < -0.3 is 16.2 Å². The molecule has 0 aliphatic heterocycles. The molecular weight excluding hydrogens is 336 g/mol. The number of benzene rings is 1. The van der Waals surface area contributed by atoms with Gasteiger partial charge >= 0.3 is 5.97 Å². The summed E-state index contributed by atoms with van der Waals surface area (Å²) in [5, 5.41) is 11.4. The Morgan fingerprint density at radius 2 is 2.00 bits per heavy atom. The van der Waals surface area contributed by atoms with Gasteiger partial charge in [0.15, 0.2) is 0 Å². The number of aromatic nitrogens is 1. The first kappa shape index (κ1) is 14.2. The van der Waals surface area contributed by atoms with Crippen molar-refractivity contribution < 1.29 is 18.7 Å². The molecule has 1 aromatic carbocycles. The number of anilines is 3. The molecule has 0 fully saturated rings. The van der Waals surface area contributed by atoms with E-state index in [9.17, 15) is 13.6 Å². The van der Waals surface area contributed by atoms with E-state index in [1.165, 1.54) is 0 Å². The molecule has 1 aromatic heterocycles. The van der Waals surface area contributed by atoms with E-state index in [0.717, 1.165) is 24.4 Å². The minimum absolute atomic E-state index is 0.0166. The smallest absolute Gasteiger partial charge is 0.337 e. The second kappa shape index (κ2) is 5.41. The number of nitrogens with one attached hydrogen (secondary N) is 1. The second-order valence-corrected chi connectivity index (χ2v) is 4.69. The molecule has 0 unspecified atom stereocenters. The Morgan fingerprint density at radius 1 is 1.30 bits per heavy atom. The Labute approximate surface area is 120 Å². The van der Waals surface area contributed by atoms with Crippen molar-refractivity contribution >= 4 is 39.1 Å². The Morgan fingerprint density at radius 3 is 2.65 bits per heavy atom. The van der Waals surface area contributed by atoms with E-state index in [4.69, 9.17) is 10.8 Å². The average Bonchev–Trinajstić information content (AvgIpc) is 2.37. The number of nitrogens with two attached hydrogens (primary N) is 1. The number of pyridine rings is 1. The van der Waals surface area contributed by atoms with Crippen molar-refractivity contribution in [1.82, 2.24) is 4.98 Å². The maximum atomic E-state index is 13.6. The van der Waals surface area contributed by atoms with Crippen LogP contribution in [0.25, 0.3) is 0 Å². The van der Waals surface area contributed by atoms with Gasteiger partial charge in [-0.1, -0.05) is 0 Å². The molecule has 0 saturated carbocycles. The van der Waals surface area contributed by atoms with E-state index in [0.29, 0.717) is 0 Å². The zero-order valence-electron chi connectivity index (χ0n) is 9.82. The summed E-state index contributed by atoms with van der Waals surface area (Å²) in [6.45, 7) is 0. The van der Waals surface area contributed by atoms with E-state index in [2.05, 4.69) is 26.2 Å². The third-order valence-corrected chi connectivity index (χ3v) is 3.05. The van der Waals surface area contributed by atoms with Gasteiger partial charge in [0.1, 0.15) is 17.5 Å². The Kier molecular flexibility index (Phi) is 3.84. The van der Waals surface area contributed by atoms with E-state index in [-0.39, 0.29) is 27.2 Å². The molecule has 2 aromatic rings. The molecule has 0 bridgehead atoms. The molecule has 2 rings (SSSR count). The molecular formula is C12H8BrF2N3O2. The standard InChI is InChI=1S/C12H8BrF2N3O2/c13-6-2-8(15)10(3-7(6)14)18-11-1-5(12(19)20)9(16)4-17-11/h1-4H,16H2,(H,17,18)(H,19,20). The predicted molar refractivity (Wildman–Crippen MR) is 72.9 cm³/mol. The average molecular weight is 344 g/mol. The number of nitrogen functional groups attached to an aromatic ring is 1. The maximum absolute atomic E-state index is 13.6. The van der Waals surface area contributed by atoms with Crippen LogP contribution in [0.2, 0.25) is 0 Å². The van der Waals surface area contributed by atoms with Crippen LogP contribution in [0, 0.1) is 11.6 Å². The number of carbonyl (C=O) groups is 1. The van der Waals surface area contributed by atoms with Gasteiger partial charge in [-0.15, -0.1) is 0 Å². The van der Waals surface area contributed by atoms with Crippen LogP contribution in [0.3, 0.4) is 0 Å². The van der Waals surface area contributed by atoms with Gasteiger partial charge in [0.05, 0.1) is 27.6 Å². The fourth-order valence-corrected chi connectivity index (χ4v) is 1.79. The van der Waals surface area contributed by atoms with Crippen molar-refractivity contribution in [3.8, 4) is 0 Å². The van der Waals surface area contributed by atoms with Crippen LogP contribution in [-0.2, 0) is 0 Å². The number of hydrogen-bond acceptors (Lipinski definition) is 4. The molecule has 104 valence electrons. The fraction of sp³-hybridized carbons (Fsp3) is 0. The van der Waals surface area contributed by atoms with E-state index < -0.39 is 17.6 Å². The highest BCUT2D eigenvalue weighted by molar-refractivity contribution is 9.10. The molecule has 0 atom stereocenters. The predicted octanol–water partition coefficient (Wildman–Crippen LogP) is 3.15. The van der Waals surface area contributed by atoms with Gasteiger partial charge in [-0.25, -0.2) is 18.6 Å². The monoisotopic (exact) mass is 343 g/mol. The van der Waals surface area contributed by atoms with Gasteiger partial charge in [0.25, 0.3) is 0 Å². The van der Waals surface area contributed by atoms with Crippen molar-refractivity contribution in [2.75, 3.05) is 11.1 Å². The minimum atomic E-state index is -1.24. The molecule has 20 heavy (non-hydrogen) atoms. The minimum Gasteiger partial charge on any atom is -0.478 e. The first-order chi connectivity index (χ1) is 9.38. The van der Waals surface area contributed by atoms with Gasteiger partial charge in [0.2, 0.25) is 0 Å². The summed E-state index contributed by atoms with van der Waals surface area (Å²) in [6, 6.07) is 3.02. The van der Waals surface area contributed by atoms with E-state index >= 15 is 0 Å². The number of carboxylic acids is 1. The summed E-state index contributed by atoms with van der Waals surface area (Å²) in [7, 11) is 0. The summed E-state index contributed by atoms with van der Waals surface area (Å²) in [6.07, 6.45) is 1.12. The number of rotatable bonds is 3. The lowest BCUT2D eigenvalue weighted by molar-refractivity contribution is 0.0698.